The Balaban J connectivity index is 1.24. The lowest BCUT2D eigenvalue weighted by Gasteiger charge is -2.54. The average Bonchev–Trinajstić information content (AvgIpc) is 3.53. The molecule has 2 aliphatic heterocycles. The summed E-state index contributed by atoms with van der Waals surface area (Å²) in [6.07, 6.45) is 10.1. The maximum Gasteiger partial charge on any atom is 0.326 e. The van der Waals surface area contributed by atoms with E-state index in [1.807, 2.05) is 6.07 Å². The van der Waals surface area contributed by atoms with E-state index in [1.54, 1.807) is 24.1 Å². The van der Waals surface area contributed by atoms with Crippen molar-refractivity contribution in [1.29, 1.82) is 0 Å². The number of carboxylic acid groups (broad SMARTS) is 1. The second-order valence-electron chi connectivity index (χ2n) is 11.3. The third kappa shape index (κ3) is 4.20. The largest absolute Gasteiger partial charge is 0.480 e. The zero-order chi connectivity index (χ0) is 29.2. The van der Waals surface area contributed by atoms with E-state index in [0.717, 1.165) is 24.9 Å². The van der Waals surface area contributed by atoms with Gasteiger partial charge in [0.2, 0.25) is 5.88 Å². The van der Waals surface area contributed by atoms with E-state index in [4.69, 9.17) is 20.3 Å². The molecule has 10 nitrogen and oxygen atoms in total. The molecule has 3 fully saturated rings. The summed E-state index contributed by atoms with van der Waals surface area (Å²) in [4.78, 5) is 30.1. The maximum atomic E-state index is 13.9. The molecule has 1 N–H and O–H groups in total. The highest BCUT2D eigenvalue weighted by molar-refractivity contribution is 6.06. The number of aryl methyl sites for hydroxylation is 1. The summed E-state index contributed by atoms with van der Waals surface area (Å²) in [5.74, 6) is 2.38. The Morgan fingerprint density at radius 1 is 1.26 bits per heavy atom. The molecule has 0 unspecified atom stereocenters. The predicted molar refractivity (Wildman–Crippen MR) is 153 cm³/mol. The van der Waals surface area contributed by atoms with Crippen molar-refractivity contribution in [1.82, 2.24) is 15.0 Å². The molecule has 2 saturated heterocycles. The van der Waals surface area contributed by atoms with Crippen molar-refractivity contribution in [3.8, 4) is 18.2 Å². The van der Waals surface area contributed by atoms with Gasteiger partial charge in [-0.1, -0.05) is 5.92 Å². The summed E-state index contributed by atoms with van der Waals surface area (Å²) in [7, 11) is 0. The first kappa shape index (κ1) is 26.5. The second-order valence-corrected chi connectivity index (χ2v) is 11.3. The number of nitrogens with zero attached hydrogens (tertiary/aromatic N) is 5. The number of aliphatic carboxylic acids is 1. The number of furan rings is 1. The average molecular weight is 572 g/mol. The number of carbonyl (C=O) groups is 1. The minimum atomic E-state index is -1.02. The zero-order valence-electron chi connectivity index (χ0n) is 23.3. The van der Waals surface area contributed by atoms with Crippen molar-refractivity contribution in [2.24, 2.45) is 0 Å². The Hall–Kier alpha value is -4.43. The maximum absolute atomic E-state index is 13.9. The molecule has 0 bridgehead atoms. The van der Waals surface area contributed by atoms with Crippen LogP contribution in [0.4, 0.5) is 15.9 Å². The number of halogens is 1. The van der Waals surface area contributed by atoms with Crippen LogP contribution in [-0.4, -0.2) is 69.5 Å². The van der Waals surface area contributed by atoms with Crippen molar-refractivity contribution >= 4 is 39.5 Å². The van der Waals surface area contributed by atoms with Gasteiger partial charge in [-0.25, -0.2) is 24.1 Å². The summed E-state index contributed by atoms with van der Waals surface area (Å²) in [6.45, 7) is 5.35. The standard InChI is InChI=1S/C31H30FN5O5/c1-4-19-12-23(36-10-11-40-31(17(36)2)8-5-9-31)29(33-15-19)41-21-14-24(30(38)39)37(16-21)28-27-26(34-18(3)35-28)22-7-6-20(32)13-25(22)42-27/h1,6-7,12-13,15,17,21,24H,5,8-11,14,16H2,2-3H3,(H,38,39)/t17-,21-,24-/m0/s1. The van der Waals surface area contributed by atoms with E-state index >= 15 is 0 Å². The predicted octanol–water partition coefficient (Wildman–Crippen LogP) is 4.46. The van der Waals surface area contributed by atoms with E-state index in [1.165, 1.54) is 12.1 Å². The first-order valence-corrected chi connectivity index (χ1v) is 14.2. The van der Waals surface area contributed by atoms with Crippen LogP contribution in [0.5, 0.6) is 5.88 Å². The molecule has 216 valence electrons. The number of fused-ring (bicyclic) bond motifs is 3. The van der Waals surface area contributed by atoms with Crippen molar-refractivity contribution < 1.29 is 28.2 Å². The number of pyridine rings is 1. The Labute approximate surface area is 241 Å². The Kier molecular flexibility index (Phi) is 6.20. The highest BCUT2D eigenvalue weighted by Crippen LogP contribution is 2.45. The molecule has 0 radical (unpaired) electrons. The van der Waals surface area contributed by atoms with Gasteiger partial charge in [0.1, 0.15) is 40.6 Å². The third-order valence-corrected chi connectivity index (χ3v) is 8.93. The van der Waals surface area contributed by atoms with E-state index in [2.05, 4.69) is 32.7 Å². The number of hydrogen-bond acceptors (Lipinski definition) is 9. The van der Waals surface area contributed by atoms with E-state index in [-0.39, 0.29) is 24.6 Å². The highest BCUT2D eigenvalue weighted by Gasteiger charge is 2.49. The van der Waals surface area contributed by atoms with Crippen LogP contribution in [0.2, 0.25) is 0 Å². The molecule has 42 heavy (non-hydrogen) atoms. The number of benzene rings is 1. The minimum absolute atomic E-state index is 0.0965. The van der Waals surface area contributed by atoms with Crippen molar-refractivity contribution in [3.05, 3.63) is 47.7 Å². The van der Waals surface area contributed by atoms with E-state index < -0.39 is 23.9 Å². The number of hydrogen-bond donors (Lipinski definition) is 1. The van der Waals surface area contributed by atoms with E-state index in [9.17, 15) is 14.3 Å². The number of aromatic nitrogens is 3. The van der Waals surface area contributed by atoms with Crippen LogP contribution in [0, 0.1) is 25.1 Å². The lowest BCUT2D eigenvalue weighted by atomic mass is 9.73. The third-order valence-electron chi connectivity index (χ3n) is 8.93. The van der Waals surface area contributed by atoms with Gasteiger partial charge in [0.15, 0.2) is 11.4 Å². The van der Waals surface area contributed by atoms with Gasteiger partial charge in [0.05, 0.1) is 24.8 Å². The molecule has 3 aliphatic rings. The molecule has 7 rings (SSSR count). The molecule has 5 heterocycles. The van der Waals surface area contributed by atoms with Gasteiger partial charge in [0, 0.05) is 36.2 Å². The quantitative estimate of drug-likeness (QED) is 0.345. The van der Waals surface area contributed by atoms with Gasteiger partial charge in [-0.05, 0) is 51.3 Å². The van der Waals surface area contributed by atoms with Crippen LogP contribution in [-0.2, 0) is 9.53 Å². The number of ether oxygens (including phenoxy) is 2. The molecule has 11 heteroatoms. The second kappa shape index (κ2) is 9.84. The fourth-order valence-electron chi connectivity index (χ4n) is 6.59. The zero-order valence-corrected chi connectivity index (χ0v) is 23.3. The summed E-state index contributed by atoms with van der Waals surface area (Å²) in [6, 6.07) is 5.29. The molecule has 0 amide bonds. The van der Waals surface area contributed by atoms with Crippen LogP contribution in [0.1, 0.15) is 44.0 Å². The van der Waals surface area contributed by atoms with Crippen LogP contribution < -0.4 is 14.5 Å². The first-order chi connectivity index (χ1) is 20.3. The normalized spacial score (nSPS) is 23.3. The molecule has 1 spiro atoms. The molecular formula is C31H30FN5O5. The van der Waals surface area contributed by atoms with Gasteiger partial charge >= 0.3 is 5.97 Å². The van der Waals surface area contributed by atoms with Gasteiger partial charge in [0.25, 0.3) is 0 Å². The highest BCUT2D eigenvalue weighted by atomic mass is 19.1. The molecule has 3 atom stereocenters. The number of terminal acetylenes is 1. The van der Waals surface area contributed by atoms with Crippen LogP contribution in [0.3, 0.4) is 0 Å². The van der Waals surface area contributed by atoms with Crippen molar-refractivity contribution in [3.63, 3.8) is 0 Å². The lowest BCUT2D eigenvalue weighted by Crippen LogP contribution is -2.62. The Bertz CT molecular complexity index is 1760. The first-order valence-electron chi connectivity index (χ1n) is 14.2. The smallest absolute Gasteiger partial charge is 0.326 e. The van der Waals surface area contributed by atoms with Crippen molar-refractivity contribution in [2.75, 3.05) is 29.5 Å². The van der Waals surface area contributed by atoms with Gasteiger partial charge in [-0.15, -0.1) is 6.42 Å². The number of morpholine rings is 1. The molecule has 1 aromatic carbocycles. The SMILES string of the molecule is C#Cc1cnc(O[C@H]2C[C@@H](C(=O)O)N(c3nc(C)nc4c3oc3cc(F)ccc34)C2)c(N2CCOC3(CCC3)[C@@H]2C)c1. The van der Waals surface area contributed by atoms with Crippen LogP contribution in [0.15, 0.2) is 34.9 Å². The molecule has 4 aromatic rings. The lowest BCUT2D eigenvalue weighted by molar-refractivity contribution is -0.138. The van der Waals surface area contributed by atoms with E-state index in [0.29, 0.717) is 58.3 Å². The topological polar surface area (TPSA) is 114 Å². The van der Waals surface area contributed by atoms with Gasteiger partial charge in [-0.2, -0.15) is 0 Å². The fourth-order valence-corrected chi connectivity index (χ4v) is 6.59. The van der Waals surface area contributed by atoms with Crippen molar-refractivity contribution in [2.45, 2.75) is 63.3 Å². The summed E-state index contributed by atoms with van der Waals surface area (Å²) in [5, 5.41) is 10.8. The molecule has 1 saturated carbocycles. The number of anilines is 2. The fraction of sp³-hybridized carbons (Fsp3) is 0.419. The summed E-state index contributed by atoms with van der Waals surface area (Å²) < 4.78 is 32.6. The number of carboxylic acids is 1. The van der Waals surface area contributed by atoms with Crippen LogP contribution in [0.25, 0.3) is 22.1 Å². The Morgan fingerprint density at radius 3 is 2.83 bits per heavy atom. The summed E-state index contributed by atoms with van der Waals surface area (Å²) >= 11 is 0. The summed E-state index contributed by atoms with van der Waals surface area (Å²) in [5.41, 5.74) is 2.34. The number of rotatable bonds is 5. The van der Waals surface area contributed by atoms with Gasteiger partial charge < -0.3 is 28.8 Å². The van der Waals surface area contributed by atoms with Gasteiger partial charge in [-0.3, -0.25) is 0 Å². The Morgan fingerprint density at radius 2 is 2.10 bits per heavy atom. The minimum Gasteiger partial charge on any atom is -0.480 e. The molecule has 1 aliphatic carbocycles. The van der Waals surface area contributed by atoms with Crippen LogP contribution >= 0.6 is 0 Å². The monoisotopic (exact) mass is 571 g/mol. The molecule has 3 aromatic heterocycles. The molecular weight excluding hydrogens is 541 g/mol.